The van der Waals surface area contributed by atoms with Crippen LogP contribution < -0.4 is 5.32 Å². The van der Waals surface area contributed by atoms with Gasteiger partial charge in [0, 0.05) is 23.6 Å². The van der Waals surface area contributed by atoms with Crippen LogP contribution in [0.25, 0.3) is 10.9 Å². The summed E-state index contributed by atoms with van der Waals surface area (Å²) in [5.74, 6) is 0. The largest absolute Gasteiger partial charge is 0.347 e. The van der Waals surface area contributed by atoms with E-state index in [-0.39, 0.29) is 0 Å². The molecule has 1 aromatic heterocycles. The second-order valence-corrected chi connectivity index (χ2v) is 5.28. The van der Waals surface area contributed by atoms with Crippen LogP contribution in [0.5, 0.6) is 0 Å². The molecule has 0 radical (unpaired) electrons. The Balaban J connectivity index is 2.13. The first-order valence-electron chi connectivity index (χ1n) is 7.58. The normalized spacial score (nSPS) is 11.3. The van der Waals surface area contributed by atoms with Gasteiger partial charge in [0.05, 0.1) is 0 Å². The van der Waals surface area contributed by atoms with Crippen LogP contribution in [0.15, 0.2) is 30.5 Å². The first-order valence-corrected chi connectivity index (χ1v) is 7.58. The highest BCUT2D eigenvalue weighted by Gasteiger charge is 2.07. The fraction of sp³-hybridized carbons (Fsp3) is 0.529. The predicted octanol–water partition coefficient (Wildman–Crippen LogP) is 3.98. The van der Waals surface area contributed by atoms with Crippen molar-refractivity contribution in [3.63, 3.8) is 0 Å². The average Bonchev–Trinajstić information content (AvgIpc) is 2.80. The summed E-state index contributed by atoms with van der Waals surface area (Å²) in [5, 5.41) is 4.67. The van der Waals surface area contributed by atoms with Gasteiger partial charge in [-0.05, 0) is 38.1 Å². The van der Waals surface area contributed by atoms with Crippen molar-refractivity contribution in [1.29, 1.82) is 0 Å². The molecule has 0 saturated heterocycles. The Morgan fingerprint density at radius 1 is 1.11 bits per heavy atom. The molecule has 0 saturated carbocycles. The third-order valence-corrected chi connectivity index (χ3v) is 3.77. The van der Waals surface area contributed by atoms with Crippen LogP contribution in [0, 0.1) is 0 Å². The summed E-state index contributed by atoms with van der Waals surface area (Å²) in [7, 11) is 2.02. The number of hydrogen-bond donors (Lipinski definition) is 1. The van der Waals surface area contributed by atoms with Crippen LogP contribution in [-0.4, -0.2) is 18.2 Å². The molecular formula is C17H26N2. The molecule has 1 aromatic carbocycles. The van der Waals surface area contributed by atoms with E-state index in [0.717, 1.165) is 19.5 Å². The number of fused-ring (bicyclic) bond motifs is 1. The van der Waals surface area contributed by atoms with Gasteiger partial charge < -0.3 is 9.88 Å². The van der Waals surface area contributed by atoms with E-state index < -0.39 is 0 Å². The highest BCUT2D eigenvalue weighted by molar-refractivity contribution is 5.84. The molecule has 0 aliphatic rings. The molecule has 0 fully saturated rings. The van der Waals surface area contributed by atoms with Crippen molar-refractivity contribution in [1.82, 2.24) is 9.88 Å². The van der Waals surface area contributed by atoms with E-state index in [1.54, 1.807) is 0 Å². The van der Waals surface area contributed by atoms with Gasteiger partial charge in [0.1, 0.15) is 0 Å². The lowest BCUT2D eigenvalue weighted by molar-refractivity contribution is 0.592. The molecule has 0 unspecified atom stereocenters. The number of nitrogens with zero attached hydrogens (tertiary/aromatic N) is 1. The molecule has 1 heterocycles. The Labute approximate surface area is 116 Å². The highest BCUT2D eigenvalue weighted by atomic mass is 15.0. The summed E-state index contributed by atoms with van der Waals surface area (Å²) >= 11 is 0. The molecule has 0 bridgehead atoms. The van der Waals surface area contributed by atoms with Crippen LogP contribution in [0.3, 0.4) is 0 Å². The number of nitrogens with one attached hydrogen (secondary N) is 1. The molecule has 2 heteroatoms. The van der Waals surface area contributed by atoms with Gasteiger partial charge in [-0.2, -0.15) is 0 Å². The number of benzene rings is 1. The third kappa shape index (κ3) is 3.60. The monoisotopic (exact) mass is 258 g/mol. The minimum Gasteiger partial charge on any atom is -0.347 e. The average molecular weight is 258 g/mol. The van der Waals surface area contributed by atoms with Crippen LogP contribution >= 0.6 is 0 Å². The van der Waals surface area contributed by atoms with Crippen LogP contribution in [-0.2, 0) is 13.0 Å². The van der Waals surface area contributed by atoms with Crippen molar-refractivity contribution in [2.24, 2.45) is 0 Å². The highest BCUT2D eigenvalue weighted by Crippen LogP contribution is 2.22. The molecule has 2 aromatic rings. The number of unbranched alkanes of at least 4 members (excludes halogenated alkanes) is 3. The topological polar surface area (TPSA) is 17.0 Å². The van der Waals surface area contributed by atoms with E-state index in [4.69, 9.17) is 0 Å². The zero-order valence-corrected chi connectivity index (χ0v) is 12.3. The summed E-state index contributed by atoms with van der Waals surface area (Å²) in [6.07, 6.45) is 8.76. The number of aromatic nitrogens is 1. The maximum atomic E-state index is 3.24. The Morgan fingerprint density at radius 2 is 1.95 bits per heavy atom. The molecular weight excluding hydrogens is 232 g/mol. The van der Waals surface area contributed by atoms with Crippen molar-refractivity contribution < 1.29 is 0 Å². The zero-order chi connectivity index (χ0) is 13.5. The summed E-state index contributed by atoms with van der Waals surface area (Å²) in [6, 6.07) is 8.79. The number of rotatable bonds is 8. The third-order valence-electron chi connectivity index (χ3n) is 3.77. The fourth-order valence-corrected chi connectivity index (χ4v) is 2.68. The fourth-order valence-electron chi connectivity index (χ4n) is 2.68. The molecule has 0 atom stereocenters. The van der Waals surface area contributed by atoms with E-state index in [9.17, 15) is 0 Å². The van der Waals surface area contributed by atoms with Crippen LogP contribution in [0.1, 0.15) is 38.2 Å². The summed E-state index contributed by atoms with van der Waals surface area (Å²) in [4.78, 5) is 0. The molecule has 0 amide bonds. The Bertz CT molecular complexity index is 499. The Hall–Kier alpha value is -1.28. The number of hydrogen-bond acceptors (Lipinski definition) is 1. The van der Waals surface area contributed by atoms with Crippen molar-refractivity contribution in [3.05, 3.63) is 36.0 Å². The quantitative estimate of drug-likeness (QED) is 0.709. The van der Waals surface area contributed by atoms with Gasteiger partial charge in [-0.15, -0.1) is 0 Å². The maximum absolute atomic E-state index is 3.24. The van der Waals surface area contributed by atoms with Gasteiger partial charge >= 0.3 is 0 Å². The molecule has 104 valence electrons. The minimum atomic E-state index is 1.05. The van der Waals surface area contributed by atoms with E-state index in [1.165, 1.54) is 42.1 Å². The SMILES string of the molecule is CCCCCCn1cc(CCNC)c2ccccc21. The molecule has 0 aliphatic heterocycles. The van der Waals surface area contributed by atoms with E-state index in [2.05, 4.69) is 47.3 Å². The smallest absolute Gasteiger partial charge is 0.0483 e. The second-order valence-electron chi connectivity index (χ2n) is 5.28. The van der Waals surface area contributed by atoms with Gasteiger partial charge in [-0.3, -0.25) is 0 Å². The van der Waals surface area contributed by atoms with Crippen molar-refractivity contribution in [3.8, 4) is 0 Å². The lowest BCUT2D eigenvalue weighted by Gasteiger charge is -2.04. The molecule has 1 N–H and O–H groups in total. The first kappa shape index (κ1) is 14.1. The Kier molecular flexibility index (Phi) is 5.46. The predicted molar refractivity (Wildman–Crippen MR) is 83.7 cm³/mol. The summed E-state index contributed by atoms with van der Waals surface area (Å²) in [5.41, 5.74) is 2.87. The van der Waals surface area contributed by atoms with E-state index in [0.29, 0.717) is 0 Å². The van der Waals surface area contributed by atoms with Crippen molar-refractivity contribution >= 4 is 10.9 Å². The van der Waals surface area contributed by atoms with Crippen molar-refractivity contribution in [2.75, 3.05) is 13.6 Å². The molecule has 19 heavy (non-hydrogen) atoms. The Morgan fingerprint density at radius 3 is 2.74 bits per heavy atom. The lowest BCUT2D eigenvalue weighted by atomic mass is 10.1. The van der Waals surface area contributed by atoms with Gasteiger partial charge in [0.2, 0.25) is 0 Å². The van der Waals surface area contributed by atoms with E-state index >= 15 is 0 Å². The zero-order valence-electron chi connectivity index (χ0n) is 12.3. The van der Waals surface area contributed by atoms with Crippen molar-refractivity contribution in [2.45, 2.75) is 45.6 Å². The van der Waals surface area contributed by atoms with Gasteiger partial charge in [0.25, 0.3) is 0 Å². The second kappa shape index (κ2) is 7.34. The standard InChI is InChI=1S/C17H26N2/c1-3-4-5-8-13-19-14-15(11-12-18-2)16-9-6-7-10-17(16)19/h6-7,9-10,14,18H,3-5,8,11-13H2,1-2H3. The van der Waals surface area contributed by atoms with Gasteiger partial charge in [-0.1, -0.05) is 44.4 Å². The molecule has 2 nitrogen and oxygen atoms in total. The van der Waals surface area contributed by atoms with Crippen LogP contribution in [0.2, 0.25) is 0 Å². The summed E-state index contributed by atoms with van der Waals surface area (Å²) < 4.78 is 2.44. The van der Waals surface area contributed by atoms with Gasteiger partial charge in [0.15, 0.2) is 0 Å². The van der Waals surface area contributed by atoms with E-state index in [1.807, 2.05) is 7.05 Å². The lowest BCUT2D eigenvalue weighted by Crippen LogP contribution is -2.10. The number of likely N-dealkylation sites (N-methyl/N-ethyl adjacent to an activating group) is 1. The number of aryl methyl sites for hydroxylation is 1. The molecule has 0 spiro atoms. The van der Waals surface area contributed by atoms with Gasteiger partial charge in [-0.25, -0.2) is 0 Å². The minimum absolute atomic E-state index is 1.05. The summed E-state index contributed by atoms with van der Waals surface area (Å²) in [6.45, 7) is 4.46. The first-order chi connectivity index (χ1) is 9.36. The maximum Gasteiger partial charge on any atom is 0.0483 e. The number of para-hydroxylation sites is 1. The van der Waals surface area contributed by atoms with Crippen LogP contribution in [0.4, 0.5) is 0 Å². The molecule has 0 aliphatic carbocycles. The molecule has 2 rings (SSSR count).